The molecule has 5 rings (SSSR count). The van der Waals surface area contributed by atoms with Gasteiger partial charge in [-0.25, -0.2) is 17.8 Å². The molecule has 2 aromatic carbocycles. The minimum absolute atomic E-state index is 0.0133. The monoisotopic (exact) mass is 570 g/mol. The number of methoxy groups -OCH3 is 1. The summed E-state index contributed by atoms with van der Waals surface area (Å²) in [5.41, 5.74) is 3.00. The standard InChI is InChI=1S/C27H27FN4O5S2/c1-37-10-11-39(35,36)25(26(34)29-15-19(33)12-16-2-3-16)27-31-23-13-20(21(28)14-24(23)38-27)17-4-6-18(7-5-17)22-8-9-30-32-22/h4-9,13-14,16,25H,2-3,10-12,15H2,1H3,(H,29,34)(H,30,32). The number of H-pyrrole nitrogens is 1. The number of aromatic amines is 1. The number of hydrogen-bond donors (Lipinski definition) is 2. The van der Waals surface area contributed by atoms with Crippen LogP contribution in [0.15, 0.2) is 48.7 Å². The molecule has 0 saturated heterocycles. The Morgan fingerprint density at radius 2 is 1.92 bits per heavy atom. The average Bonchev–Trinajstić information content (AvgIpc) is 3.38. The van der Waals surface area contributed by atoms with Gasteiger partial charge >= 0.3 is 0 Å². The van der Waals surface area contributed by atoms with Gasteiger partial charge in [0.25, 0.3) is 0 Å². The van der Waals surface area contributed by atoms with Gasteiger partial charge in [0.1, 0.15) is 10.8 Å². The van der Waals surface area contributed by atoms with E-state index in [9.17, 15) is 18.0 Å². The highest BCUT2D eigenvalue weighted by Gasteiger charge is 2.37. The molecule has 1 aliphatic rings. The Kier molecular flexibility index (Phi) is 7.87. The van der Waals surface area contributed by atoms with Gasteiger partial charge in [0.15, 0.2) is 20.9 Å². The fourth-order valence-electron chi connectivity index (χ4n) is 4.29. The zero-order chi connectivity index (χ0) is 27.6. The van der Waals surface area contributed by atoms with E-state index in [-0.39, 0.29) is 23.9 Å². The Bertz CT molecular complexity index is 1600. The number of fused-ring (bicyclic) bond motifs is 1. The number of hydrogen-bond acceptors (Lipinski definition) is 8. The number of halogens is 1. The van der Waals surface area contributed by atoms with Crippen LogP contribution in [0.1, 0.15) is 29.5 Å². The van der Waals surface area contributed by atoms with Crippen molar-refractivity contribution in [3.05, 3.63) is 59.5 Å². The summed E-state index contributed by atoms with van der Waals surface area (Å²) in [6, 6.07) is 11.9. The number of nitrogens with zero attached hydrogens (tertiary/aromatic N) is 2. The maximum atomic E-state index is 15.2. The predicted octanol–water partition coefficient (Wildman–Crippen LogP) is 4.08. The van der Waals surface area contributed by atoms with Crippen LogP contribution in [0.2, 0.25) is 0 Å². The summed E-state index contributed by atoms with van der Waals surface area (Å²) in [6.07, 6.45) is 4.00. The number of ketones is 1. The lowest BCUT2D eigenvalue weighted by Crippen LogP contribution is -2.38. The van der Waals surface area contributed by atoms with E-state index in [4.69, 9.17) is 4.74 Å². The van der Waals surface area contributed by atoms with Crippen molar-refractivity contribution in [2.45, 2.75) is 24.5 Å². The van der Waals surface area contributed by atoms with Crippen molar-refractivity contribution in [3.8, 4) is 22.4 Å². The summed E-state index contributed by atoms with van der Waals surface area (Å²) >= 11 is 0.940. The molecule has 204 valence electrons. The summed E-state index contributed by atoms with van der Waals surface area (Å²) in [7, 11) is -2.68. The van der Waals surface area contributed by atoms with Gasteiger partial charge in [0.05, 0.1) is 34.8 Å². The first-order chi connectivity index (χ1) is 18.7. The second kappa shape index (κ2) is 11.3. The van der Waals surface area contributed by atoms with E-state index in [1.807, 2.05) is 18.2 Å². The predicted molar refractivity (Wildman–Crippen MR) is 146 cm³/mol. The van der Waals surface area contributed by atoms with E-state index in [1.165, 1.54) is 13.2 Å². The molecule has 1 fully saturated rings. The third kappa shape index (κ3) is 6.23. The van der Waals surface area contributed by atoms with Gasteiger partial charge in [-0.2, -0.15) is 5.10 Å². The minimum atomic E-state index is -4.04. The first-order valence-corrected chi connectivity index (χ1v) is 15.0. The average molecular weight is 571 g/mol. The number of thiazole rings is 1. The van der Waals surface area contributed by atoms with Crippen molar-refractivity contribution in [2.75, 3.05) is 26.0 Å². The maximum Gasteiger partial charge on any atom is 0.245 e. The van der Waals surface area contributed by atoms with E-state index in [2.05, 4.69) is 20.5 Å². The molecule has 9 nitrogen and oxygen atoms in total. The van der Waals surface area contributed by atoms with Crippen molar-refractivity contribution in [1.82, 2.24) is 20.5 Å². The Morgan fingerprint density at radius 3 is 2.59 bits per heavy atom. The number of rotatable bonds is 12. The van der Waals surface area contributed by atoms with Gasteiger partial charge in [-0.05, 0) is 48.1 Å². The molecule has 1 unspecified atom stereocenters. The number of amides is 1. The minimum Gasteiger partial charge on any atom is -0.384 e. The number of carbonyl (C=O) groups is 2. The Balaban J connectivity index is 1.44. The SMILES string of the molecule is COCCS(=O)(=O)C(C(=O)NCC(=O)CC1CC1)c1nc2cc(-c3ccc(-c4ccn[nH]4)cc3)c(F)cc2s1. The highest BCUT2D eigenvalue weighted by atomic mass is 32.2. The molecule has 0 radical (unpaired) electrons. The molecule has 1 atom stereocenters. The van der Waals surface area contributed by atoms with Crippen molar-refractivity contribution >= 4 is 43.1 Å². The number of Topliss-reactive ketones (excluding diaryl/α,β-unsaturated/α-hetero) is 1. The second-order valence-corrected chi connectivity index (χ2v) is 12.8. The molecule has 0 bridgehead atoms. The van der Waals surface area contributed by atoms with Crippen LogP contribution in [-0.2, 0) is 24.2 Å². The summed E-state index contributed by atoms with van der Waals surface area (Å²) in [4.78, 5) is 29.7. The normalized spacial score (nSPS) is 14.4. The number of sulfone groups is 1. The third-order valence-electron chi connectivity index (χ3n) is 6.57. The summed E-state index contributed by atoms with van der Waals surface area (Å²) in [5, 5.41) is 7.67. The van der Waals surface area contributed by atoms with E-state index in [0.717, 1.165) is 35.4 Å². The van der Waals surface area contributed by atoms with Crippen molar-refractivity contribution in [1.29, 1.82) is 0 Å². The molecule has 0 aliphatic heterocycles. The van der Waals surface area contributed by atoms with E-state index >= 15 is 4.39 Å². The van der Waals surface area contributed by atoms with Gasteiger partial charge in [-0.3, -0.25) is 14.7 Å². The van der Waals surface area contributed by atoms with Gasteiger partial charge < -0.3 is 10.1 Å². The Morgan fingerprint density at radius 1 is 1.18 bits per heavy atom. The van der Waals surface area contributed by atoms with Crippen molar-refractivity contribution in [2.24, 2.45) is 5.92 Å². The summed E-state index contributed by atoms with van der Waals surface area (Å²) in [6.45, 7) is -0.352. The summed E-state index contributed by atoms with van der Waals surface area (Å²) in [5.74, 6) is -1.53. The Labute approximate surface area is 228 Å². The van der Waals surface area contributed by atoms with Crippen LogP contribution in [0.25, 0.3) is 32.6 Å². The van der Waals surface area contributed by atoms with E-state index in [1.54, 1.807) is 24.4 Å². The van der Waals surface area contributed by atoms with Gasteiger partial charge in [-0.15, -0.1) is 11.3 Å². The Hall–Kier alpha value is -3.48. The van der Waals surface area contributed by atoms with Crippen LogP contribution in [-0.4, -0.2) is 61.3 Å². The molecule has 2 heterocycles. The van der Waals surface area contributed by atoms with Crippen LogP contribution in [0, 0.1) is 11.7 Å². The van der Waals surface area contributed by atoms with Gasteiger partial charge in [0, 0.05) is 25.3 Å². The molecule has 2 aromatic heterocycles. The van der Waals surface area contributed by atoms with Crippen LogP contribution < -0.4 is 5.32 Å². The molecule has 4 aromatic rings. The van der Waals surface area contributed by atoms with E-state index in [0.29, 0.717) is 33.7 Å². The molecule has 1 saturated carbocycles. The number of aromatic nitrogens is 3. The molecular formula is C27H27FN4O5S2. The number of ether oxygens (including phenoxy) is 1. The van der Waals surface area contributed by atoms with Crippen LogP contribution in [0.3, 0.4) is 0 Å². The summed E-state index contributed by atoms with van der Waals surface area (Å²) < 4.78 is 46.9. The number of nitrogens with one attached hydrogen (secondary N) is 2. The molecule has 39 heavy (non-hydrogen) atoms. The molecular weight excluding hydrogens is 543 g/mol. The van der Waals surface area contributed by atoms with Gasteiger partial charge in [-0.1, -0.05) is 24.3 Å². The second-order valence-electron chi connectivity index (χ2n) is 9.54. The lowest BCUT2D eigenvalue weighted by atomic mass is 10.0. The highest BCUT2D eigenvalue weighted by Crippen LogP contribution is 2.36. The maximum absolute atomic E-state index is 15.2. The molecule has 1 amide bonds. The van der Waals surface area contributed by atoms with Gasteiger partial charge in [0.2, 0.25) is 5.91 Å². The third-order valence-corrected chi connectivity index (χ3v) is 9.69. The van der Waals surface area contributed by atoms with Crippen LogP contribution in [0.5, 0.6) is 0 Å². The first kappa shape index (κ1) is 27.1. The lowest BCUT2D eigenvalue weighted by molar-refractivity contribution is -0.125. The molecule has 12 heteroatoms. The zero-order valence-corrected chi connectivity index (χ0v) is 22.8. The molecule has 2 N–H and O–H groups in total. The highest BCUT2D eigenvalue weighted by molar-refractivity contribution is 7.92. The quantitative estimate of drug-likeness (QED) is 0.262. The molecule has 1 aliphatic carbocycles. The van der Waals surface area contributed by atoms with Crippen molar-refractivity contribution < 1.29 is 27.1 Å². The van der Waals surface area contributed by atoms with Crippen molar-refractivity contribution in [3.63, 3.8) is 0 Å². The number of carbonyl (C=O) groups excluding carboxylic acids is 2. The smallest absolute Gasteiger partial charge is 0.245 e. The van der Waals surface area contributed by atoms with E-state index < -0.39 is 32.6 Å². The fourth-order valence-corrected chi connectivity index (χ4v) is 7.23. The fraction of sp³-hybridized carbons (Fsp3) is 0.333. The number of benzene rings is 2. The largest absolute Gasteiger partial charge is 0.384 e. The molecule has 0 spiro atoms. The van der Waals surface area contributed by atoms with Crippen LogP contribution >= 0.6 is 11.3 Å². The zero-order valence-electron chi connectivity index (χ0n) is 21.1. The first-order valence-electron chi connectivity index (χ1n) is 12.4. The topological polar surface area (TPSA) is 131 Å². The lowest BCUT2D eigenvalue weighted by Gasteiger charge is -2.15. The van der Waals surface area contributed by atoms with Crippen LogP contribution in [0.4, 0.5) is 4.39 Å².